The number of anilines is 1. The molecule has 0 radical (unpaired) electrons. The van der Waals surface area contributed by atoms with E-state index in [0.717, 1.165) is 24.3 Å². The first-order valence-corrected chi connectivity index (χ1v) is 10.1. The van der Waals surface area contributed by atoms with Gasteiger partial charge in [0.2, 0.25) is 17.6 Å². The van der Waals surface area contributed by atoms with E-state index in [1.807, 2.05) is 0 Å². The molecule has 5 atom stereocenters. The Labute approximate surface area is 172 Å². The van der Waals surface area contributed by atoms with Crippen LogP contribution < -0.4 is 9.80 Å². The number of carbonyl (C=O) groups is 3. The van der Waals surface area contributed by atoms with Crippen LogP contribution in [0.15, 0.2) is 48.5 Å². The second-order valence-corrected chi connectivity index (χ2v) is 8.40. The number of rotatable bonds is 3. The van der Waals surface area contributed by atoms with Crippen molar-refractivity contribution in [3.8, 4) is 0 Å². The zero-order chi connectivity index (χ0) is 20.3. The van der Waals surface area contributed by atoms with Crippen LogP contribution in [0.3, 0.4) is 0 Å². The minimum atomic E-state index is -0.695. The first-order chi connectivity index (χ1) is 14.0. The van der Waals surface area contributed by atoms with Gasteiger partial charge in [-0.3, -0.25) is 14.4 Å². The molecule has 3 saturated heterocycles. The summed E-state index contributed by atoms with van der Waals surface area (Å²) in [7, 11) is 0. The van der Waals surface area contributed by atoms with Gasteiger partial charge in [0.1, 0.15) is 23.7 Å². The van der Waals surface area contributed by atoms with Gasteiger partial charge < -0.3 is 4.90 Å². The van der Waals surface area contributed by atoms with Crippen molar-refractivity contribution in [2.45, 2.75) is 24.9 Å². The van der Waals surface area contributed by atoms with Crippen LogP contribution in [0.5, 0.6) is 0 Å². The van der Waals surface area contributed by atoms with Gasteiger partial charge in [-0.25, -0.2) is 9.29 Å². The summed E-state index contributed by atoms with van der Waals surface area (Å²) < 4.78 is 13.3. The lowest BCUT2D eigenvalue weighted by atomic mass is 9.85. The highest BCUT2D eigenvalue weighted by Gasteiger charge is 2.68. The molecule has 5 rings (SSSR count). The lowest BCUT2D eigenvalue weighted by molar-refractivity contribution is -0.915. The number of hydrogen-bond acceptors (Lipinski definition) is 3. The monoisotopic (exact) mass is 413 g/mol. The molecule has 29 heavy (non-hydrogen) atoms. The maximum absolute atomic E-state index is 13.4. The number of quaternary nitrogens is 1. The Morgan fingerprint density at radius 1 is 1.07 bits per heavy atom. The lowest BCUT2D eigenvalue weighted by Gasteiger charge is -2.25. The molecule has 2 amide bonds. The molecule has 0 aliphatic carbocycles. The zero-order valence-corrected chi connectivity index (χ0v) is 16.2. The third kappa shape index (κ3) is 2.74. The Kier molecular flexibility index (Phi) is 4.29. The molecular formula is C22H19ClFN2O3+. The van der Waals surface area contributed by atoms with Crippen LogP contribution >= 0.6 is 11.6 Å². The number of nitrogens with zero attached hydrogens (tertiary/aromatic N) is 1. The number of carbonyl (C=O) groups excluding carboxylic acids is 3. The van der Waals surface area contributed by atoms with Gasteiger partial charge in [-0.15, -0.1) is 0 Å². The molecule has 5 nitrogen and oxygen atoms in total. The van der Waals surface area contributed by atoms with Gasteiger partial charge in [0.25, 0.3) is 0 Å². The molecule has 3 aliphatic rings. The molecule has 0 spiro atoms. The lowest BCUT2D eigenvalue weighted by Crippen LogP contribution is -3.16. The van der Waals surface area contributed by atoms with Crippen LogP contribution in [0.2, 0.25) is 5.02 Å². The molecule has 148 valence electrons. The average Bonchev–Trinajstić information content (AvgIpc) is 3.34. The number of benzene rings is 2. The minimum Gasteiger partial charge on any atom is -0.322 e. The molecule has 0 aromatic heterocycles. The van der Waals surface area contributed by atoms with Gasteiger partial charge in [-0.05, 0) is 42.5 Å². The van der Waals surface area contributed by atoms with Crippen molar-refractivity contribution < 1.29 is 23.7 Å². The Morgan fingerprint density at radius 2 is 1.79 bits per heavy atom. The van der Waals surface area contributed by atoms with E-state index < -0.39 is 23.7 Å². The van der Waals surface area contributed by atoms with E-state index in [0.29, 0.717) is 16.3 Å². The average molecular weight is 414 g/mol. The zero-order valence-electron chi connectivity index (χ0n) is 15.5. The smallest absolute Gasteiger partial charge is 0.244 e. The number of amides is 2. The summed E-state index contributed by atoms with van der Waals surface area (Å²) in [6.45, 7) is 0.757. The Bertz CT molecular complexity index is 1020. The van der Waals surface area contributed by atoms with Gasteiger partial charge in [0, 0.05) is 23.4 Å². The van der Waals surface area contributed by atoms with Crippen LogP contribution in [0.1, 0.15) is 23.2 Å². The third-order valence-corrected chi connectivity index (χ3v) is 6.76. The molecule has 2 aromatic carbocycles. The molecule has 3 heterocycles. The number of imide groups is 1. The molecule has 1 N–H and O–H groups in total. The van der Waals surface area contributed by atoms with E-state index in [1.165, 1.54) is 29.2 Å². The van der Waals surface area contributed by atoms with E-state index >= 15 is 0 Å². The second kappa shape index (κ2) is 6.75. The van der Waals surface area contributed by atoms with Gasteiger partial charge in [-0.1, -0.05) is 17.7 Å². The summed E-state index contributed by atoms with van der Waals surface area (Å²) in [6.07, 6.45) is 1.72. The van der Waals surface area contributed by atoms with Gasteiger partial charge in [0.05, 0.1) is 12.2 Å². The van der Waals surface area contributed by atoms with Crippen molar-refractivity contribution in [3.05, 3.63) is 64.9 Å². The first kappa shape index (κ1) is 18.5. The van der Waals surface area contributed by atoms with E-state index in [-0.39, 0.29) is 23.6 Å². The molecule has 2 aromatic rings. The highest BCUT2D eigenvalue weighted by Crippen LogP contribution is 2.40. The fraction of sp³-hybridized carbons (Fsp3) is 0.318. The number of halogens is 2. The summed E-state index contributed by atoms with van der Waals surface area (Å²) in [5, 5.41) is 0.437. The van der Waals surface area contributed by atoms with Crippen LogP contribution in [-0.2, 0) is 9.59 Å². The van der Waals surface area contributed by atoms with Crippen molar-refractivity contribution in [3.63, 3.8) is 0 Å². The topological polar surface area (TPSA) is 58.9 Å². The molecule has 3 aliphatic heterocycles. The fourth-order valence-corrected chi connectivity index (χ4v) is 5.59. The number of Topliss-reactive ketones (excluding diaryl/α,β-unsaturated/α-hetero) is 1. The summed E-state index contributed by atoms with van der Waals surface area (Å²) in [4.78, 5) is 42.2. The van der Waals surface area contributed by atoms with E-state index in [2.05, 4.69) is 0 Å². The SMILES string of the molecule is O=C(c1ccc(F)cc1)[C@@H]1[C@@H]2C(=O)N(c3cccc(Cl)c3)C(=O)[C@@H]2[C@@H]2CCC[NH+]12. The number of nitrogens with one attached hydrogen (secondary N) is 1. The predicted octanol–water partition coefficient (Wildman–Crippen LogP) is 1.90. The standard InChI is InChI=1S/C22H18ClFN2O3/c23-13-3-1-4-15(11-13)26-21(28)17-16-5-2-10-25(16)19(18(17)22(26)29)20(27)12-6-8-14(24)9-7-12/h1,3-4,6-9,11,16-19H,2,5,10H2/p+1/t16-,17+,18+,19-/m0/s1. The quantitative estimate of drug-likeness (QED) is 0.617. The molecule has 1 unspecified atom stereocenters. The highest BCUT2D eigenvalue weighted by molar-refractivity contribution is 6.31. The molecule has 0 bridgehead atoms. The normalized spacial score (nSPS) is 30.6. The number of fused-ring (bicyclic) bond motifs is 3. The minimum absolute atomic E-state index is 0.0463. The molecular weight excluding hydrogens is 395 g/mol. The van der Waals surface area contributed by atoms with E-state index in [1.54, 1.807) is 24.3 Å². The van der Waals surface area contributed by atoms with Crippen molar-refractivity contribution >= 4 is 34.9 Å². The predicted molar refractivity (Wildman–Crippen MR) is 104 cm³/mol. The molecule has 3 fully saturated rings. The van der Waals surface area contributed by atoms with Crippen molar-refractivity contribution in [2.24, 2.45) is 11.8 Å². The third-order valence-electron chi connectivity index (χ3n) is 6.52. The van der Waals surface area contributed by atoms with Crippen molar-refractivity contribution in [1.29, 1.82) is 0 Å². The van der Waals surface area contributed by atoms with Crippen LogP contribution in [0.25, 0.3) is 0 Å². The molecule has 0 saturated carbocycles. The number of ketones is 1. The Morgan fingerprint density at radius 3 is 2.52 bits per heavy atom. The van der Waals surface area contributed by atoms with Crippen LogP contribution in [-0.4, -0.2) is 36.2 Å². The van der Waals surface area contributed by atoms with Crippen molar-refractivity contribution in [2.75, 3.05) is 11.4 Å². The second-order valence-electron chi connectivity index (χ2n) is 7.97. The summed E-state index contributed by atoms with van der Waals surface area (Å²) in [5.41, 5.74) is 0.811. The maximum Gasteiger partial charge on any atom is 0.244 e. The van der Waals surface area contributed by atoms with Crippen molar-refractivity contribution in [1.82, 2.24) is 0 Å². The summed E-state index contributed by atoms with van der Waals surface area (Å²) in [6, 6.07) is 11.4. The highest BCUT2D eigenvalue weighted by atomic mass is 35.5. The maximum atomic E-state index is 13.4. The van der Waals surface area contributed by atoms with Gasteiger partial charge >= 0.3 is 0 Å². The fourth-order valence-electron chi connectivity index (χ4n) is 5.40. The van der Waals surface area contributed by atoms with Gasteiger partial charge in [-0.2, -0.15) is 0 Å². The van der Waals surface area contributed by atoms with E-state index in [4.69, 9.17) is 11.6 Å². The number of hydrogen-bond donors (Lipinski definition) is 1. The summed E-state index contributed by atoms with van der Waals surface area (Å²) in [5.74, 6) is -2.41. The Balaban J connectivity index is 1.55. The van der Waals surface area contributed by atoms with E-state index in [9.17, 15) is 18.8 Å². The summed E-state index contributed by atoms with van der Waals surface area (Å²) >= 11 is 6.06. The van der Waals surface area contributed by atoms with Crippen LogP contribution in [0, 0.1) is 17.7 Å². The Hall–Kier alpha value is -2.57. The first-order valence-electron chi connectivity index (χ1n) is 9.76. The van der Waals surface area contributed by atoms with Gasteiger partial charge in [0.15, 0.2) is 6.04 Å². The molecule has 7 heteroatoms. The van der Waals surface area contributed by atoms with Crippen LogP contribution in [0.4, 0.5) is 10.1 Å². The largest absolute Gasteiger partial charge is 0.322 e.